The highest BCUT2D eigenvalue weighted by Crippen LogP contribution is 2.31. The highest BCUT2D eigenvalue weighted by Gasteiger charge is 2.28. The lowest BCUT2D eigenvalue weighted by Gasteiger charge is -2.27. The van der Waals surface area contributed by atoms with E-state index in [-0.39, 0.29) is 35.6 Å². The van der Waals surface area contributed by atoms with Gasteiger partial charge in [0.1, 0.15) is 6.04 Å². The Morgan fingerprint density at radius 3 is 1.97 bits per heavy atom. The number of rotatable bonds is 11. The molecular formula is C29H31Cl2N3O5. The van der Waals surface area contributed by atoms with Crippen molar-refractivity contribution in [3.8, 4) is 11.5 Å². The Morgan fingerprint density at radius 1 is 0.897 bits per heavy atom. The molecular weight excluding hydrogens is 541 g/mol. The van der Waals surface area contributed by atoms with E-state index < -0.39 is 23.8 Å². The van der Waals surface area contributed by atoms with Gasteiger partial charge < -0.3 is 20.1 Å². The third-order valence-electron chi connectivity index (χ3n) is 6.04. The maximum Gasteiger partial charge on any atom is 0.311 e. The molecule has 3 aromatic rings. The average molecular weight is 572 g/mol. The lowest BCUT2D eigenvalue weighted by molar-refractivity contribution is -0.134. The van der Waals surface area contributed by atoms with Gasteiger partial charge in [-0.05, 0) is 55.7 Å². The lowest BCUT2D eigenvalue weighted by atomic mass is 9.85. The van der Waals surface area contributed by atoms with Gasteiger partial charge in [-0.2, -0.15) is 0 Å². The molecule has 2 aromatic carbocycles. The minimum Gasteiger partial charge on any atom is -0.493 e. The number of halogens is 2. The third-order valence-corrected chi connectivity index (χ3v) is 6.55. The fraction of sp³-hybridized carbons (Fsp3) is 0.310. The van der Waals surface area contributed by atoms with Gasteiger partial charge in [0.05, 0.1) is 7.11 Å². The molecule has 2 amide bonds. The quantitative estimate of drug-likeness (QED) is 0.292. The number of carbonyl (C=O) groups excluding carboxylic acids is 3. The van der Waals surface area contributed by atoms with Crippen molar-refractivity contribution in [2.24, 2.45) is 0 Å². The van der Waals surface area contributed by atoms with Gasteiger partial charge in [-0.3, -0.25) is 14.4 Å². The molecule has 0 spiro atoms. The Morgan fingerprint density at radius 2 is 1.46 bits per heavy atom. The molecule has 39 heavy (non-hydrogen) atoms. The number of ether oxygens (including phenoxy) is 2. The second-order valence-corrected chi connectivity index (χ2v) is 9.86. The molecule has 10 heteroatoms. The number of hydrogen-bond donors (Lipinski definition) is 2. The monoisotopic (exact) mass is 571 g/mol. The van der Waals surface area contributed by atoms with Gasteiger partial charge in [0.15, 0.2) is 11.4 Å². The molecule has 1 aromatic heterocycles. The van der Waals surface area contributed by atoms with E-state index in [0.717, 1.165) is 11.1 Å². The van der Waals surface area contributed by atoms with Gasteiger partial charge in [0.2, 0.25) is 11.7 Å². The smallest absolute Gasteiger partial charge is 0.311 e. The van der Waals surface area contributed by atoms with E-state index >= 15 is 0 Å². The van der Waals surface area contributed by atoms with Crippen molar-refractivity contribution in [1.82, 2.24) is 15.6 Å². The third kappa shape index (κ3) is 7.94. The molecule has 0 fully saturated rings. The van der Waals surface area contributed by atoms with Crippen molar-refractivity contribution in [1.29, 1.82) is 0 Å². The first-order valence-electron chi connectivity index (χ1n) is 12.5. The normalized spacial score (nSPS) is 12.4. The zero-order valence-electron chi connectivity index (χ0n) is 22.2. The standard InChI is InChI=1S/C29H31Cl2N3O5/c1-5-6-24(35)39-27-23(38-4)15-16-32-26(27)29(37)34-18(3)28(36)33-17(2)25(19-7-11-21(30)12-8-19)20-9-13-22(31)14-10-20/h7-18,25H,5-6H2,1-4H3,(H,33,36)(H,34,37)/t17-,18-/m0/s1. The molecule has 2 atom stereocenters. The van der Waals surface area contributed by atoms with Crippen LogP contribution < -0.4 is 20.1 Å². The summed E-state index contributed by atoms with van der Waals surface area (Å²) in [6, 6.07) is 15.0. The lowest BCUT2D eigenvalue weighted by Crippen LogP contribution is -2.49. The van der Waals surface area contributed by atoms with Crippen LogP contribution in [-0.2, 0) is 9.59 Å². The summed E-state index contributed by atoms with van der Waals surface area (Å²) in [6.07, 6.45) is 2.10. The zero-order valence-corrected chi connectivity index (χ0v) is 23.7. The molecule has 3 rings (SSSR count). The number of carbonyl (C=O) groups is 3. The zero-order chi connectivity index (χ0) is 28.5. The van der Waals surface area contributed by atoms with Crippen LogP contribution in [-0.4, -0.2) is 42.0 Å². The number of esters is 1. The van der Waals surface area contributed by atoms with Crippen molar-refractivity contribution in [2.45, 2.75) is 51.6 Å². The van der Waals surface area contributed by atoms with E-state index in [0.29, 0.717) is 16.5 Å². The first-order chi connectivity index (χ1) is 18.6. The summed E-state index contributed by atoms with van der Waals surface area (Å²) in [5, 5.41) is 6.84. The highest BCUT2D eigenvalue weighted by atomic mass is 35.5. The number of aromatic nitrogens is 1. The number of nitrogens with one attached hydrogen (secondary N) is 2. The summed E-state index contributed by atoms with van der Waals surface area (Å²) in [5.41, 5.74) is 1.74. The summed E-state index contributed by atoms with van der Waals surface area (Å²) in [4.78, 5) is 42.5. The van der Waals surface area contributed by atoms with Crippen molar-refractivity contribution < 1.29 is 23.9 Å². The van der Waals surface area contributed by atoms with Crippen molar-refractivity contribution >= 4 is 41.0 Å². The minimum absolute atomic E-state index is 0.0949. The second kappa shape index (κ2) is 14.0. The largest absolute Gasteiger partial charge is 0.493 e. The number of hydrogen-bond acceptors (Lipinski definition) is 6. The summed E-state index contributed by atoms with van der Waals surface area (Å²) < 4.78 is 10.6. The first-order valence-corrected chi connectivity index (χ1v) is 13.3. The van der Waals surface area contributed by atoms with Crippen LogP contribution in [0.2, 0.25) is 10.0 Å². The van der Waals surface area contributed by atoms with E-state index in [2.05, 4.69) is 15.6 Å². The van der Waals surface area contributed by atoms with Crippen molar-refractivity contribution in [3.05, 3.63) is 87.7 Å². The Bertz CT molecular complexity index is 1250. The van der Waals surface area contributed by atoms with Crippen LogP contribution in [0.3, 0.4) is 0 Å². The summed E-state index contributed by atoms with van der Waals surface area (Å²) in [6.45, 7) is 5.28. The molecule has 0 aliphatic heterocycles. The maximum absolute atomic E-state index is 13.2. The highest BCUT2D eigenvalue weighted by molar-refractivity contribution is 6.30. The second-order valence-electron chi connectivity index (χ2n) is 8.99. The van der Waals surface area contributed by atoms with Gasteiger partial charge in [0, 0.05) is 40.7 Å². The SMILES string of the molecule is CCCC(=O)Oc1c(OC)ccnc1C(=O)N[C@@H](C)C(=O)N[C@@H](C)C(c1ccc(Cl)cc1)c1ccc(Cl)cc1. The summed E-state index contributed by atoms with van der Waals surface area (Å²) in [5.74, 6) is -1.74. The number of amides is 2. The molecule has 1 heterocycles. The Balaban J connectivity index is 1.77. The number of nitrogens with zero attached hydrogens (tertiary/aromatic N) is 1. The molecule has 0 aliphatic rings. The van der Waals surface area contributed by atoms with Crippen molar-refractivity contribution in [3.63, 3.8) is 0 Å². The van der Waals surface area contributed by atoms with Gasteiger partial charge >= 0.3 is 5.97 Å². The summed E-state index contributed by atoms with van der Waals surface area (Å²) in [7, 11) is 1.39. The Hall–Kier alpha value is -3.62. The van der Waals surface area contributed by atoms with E-state index in [1.807, 2.05) is 38.1 Å². The fourth-order valence-corrected chi connectivity index (χ4v) is 4.35. The van der Waals surface area contributed by atoms with E-state index in [4.69, 9.17) is 32.7 Å². The molecule has 206 valence electrons. The molecule has 8 nitrogen and oxygen atoms in total. The summed E-state index contributed by atoms with van der Waals surface area (Å²) >= 11 is 12.2. The first kappa shape index (κ1) is 29.9. The molecule has 0 radical (unpaired) electrons. The molecule has 0 unspecified atom stereocenters. The Kier molecular flexibility index (Phi) is 10.7. The Labute approximate surface area is 238 Å². The molecule has 0 bridgehead atoms. The van der Waals surface area contributed by atoms with Crippen LogP contribution in [0.25, 0.3) is 0 Å². The van der Waals surface area contributed by atoms with Gasteiger partial charge in [-0.25, -0.2) is 4.98 Å². The van der Waals surface area contributed by atoms with E-state index in [9.17, 15) is 14.4 Å². The molecule has 0 saturated carbocycles. The molecule has 0 saturated heterocycles. The fourth-order valence-electron chi connectivity index (χ4n) is 4.09. The van der Waals surface area contributed by atoms with Crippen LogP contribution in [0, 0.1) is 0 Å². The number of methoxy groups -OCH3 is 1. The average Bonchev–Trinajstić information content (AvgIpc) is 2.91. The maximum atomic E-state index is 13.2. The van der Waals surface area contributed by atoms with Gasteiger partial charge in [-0.1, -0.05) is 54.4 Å². The topological polar surface area (TPSA) is 107 Å². The van der Waals surface area contributed by atoms with Crippen LogP contribution in [0.15, 0.2) is 60.8 Å². The minimum atomic E-state index is -0.928. The predicted octanol–water partition coefficient (Wildman–Crippen LogP) is 5.56. The van der Waals surface area contributed by atoms with E-state index in [1.165, 1.54) is 19.4 Å². The predicted molar refractivity (Wildman–Crippen MR) is 151 cm³/mol. The van der Waals surface area contributed by atoms with Gasteiger partial charge in [-0.15, -0.1) is 0 Å². The van der Waals surface area contributed by atoms with Crippen LogP contribution in [0.1, 0.15) is 61.1 Å². The molecule has 0 aliphatic carbocycles. The van der Waals surface area contributed by atoms with E-state index in [1.54, 1.807) is 31.2 Å². The van der Waals surface area contributed by atoms with Gasteiger partial charge in [0.25, 0.3) is 5.91 Å². The van der Waals surface area contributed by atoms with Crippen LogP contribution in [0.5, 0.6) is 11.5 Å². The van der Waals surface area contributed by atoms with Crippen LogP contribution >= 0.6 is 23.2 Å². The number of benzene rings is 2. The van der Waals surface area contributed by atoms with Crippen molar-refractivity contribution in [2.75, 3.05) is 7.11 Å². The number of pyridine rings is 1. The van der Waals surface area contributed by atoms with Crippen LogP contribution in [0.4, 0.5) is 0 Å². The molecule has 2 N–H and O–H groups in total.